The van der Waals surface area contributed by atoms with Crippen molar-refractivity contribution in [2.75, 3.05) is 18.8 Å². The van der Waals surface area contributed by atoms with Crippen molar-refractivity contribution < 1.29 is 23.1 Å². The predicted molar refractivity (Wildman–Crippen MR) is 85.8 cm³/mol. The molecular weight excluding hydrogens is 318 g/mol. The van der Waals surface area contributed by atoms with Crippen molar-refractivity contribution >= 4 is 21.7 Å². The minimum absolute atomic E-state index is 0.0430. The van der Waals surface area contributed by atoms with E-state index in [0.717, 1.165) is 5.56 Å². The minimum Gasteiger partial charge on any atom is -0.481 e. The van der Waals surface area contributed by atoms with E-state index in [2.05, 4.69) is 0 Å². The van der Waals surface area contributed by atoms with Crippen LogP contribution >= 0.6 is 0 Å². The van der Waals surface area contributed by atoms with E-state index >= 15 is 0 Å². The summed E-state index contributed by atoms with van der Waals surface area (Å²) in [6.45, 7) is 3.33. The third-order valence-corrected chi connectivity index (χ3v) is 6.35. The average Bonchev–Trinajstić information content (AvgIpc) is 2.93. The molecule has 7 heteroatoms. The summed E-state index contributed by atoms with van der Waals surface area (Å²) < 4.78 is 23.8. The molecule has 0 aromatic heterocycles. The Labute approximate surface area is 136 Å². The van der Waals surface area contributed by atoms with E-state index < -0.39 is 38.6 Å². The molecule has 1 aliphatic rings. The molecule has 1 heterocycles. The van der Waals surface area contributed by atoms with Gasteiger partial charge in [0.2, 0.25) is 5.91 Å². The number of hydrogen-bond acceptors (Lipinski definition) is 4. The standard InChI is InChI=1S/C16H21NO5S/c1-11(2)23(21,22)10-15(18)17-8-13(14(9-17)16(19)20)12-6-4-3-5-7-12/h3-7,11,13-14H,8-10H2,1-2H3,(H,19,20). The van der Waals surface area contributed by atoms with Gasteiger partial charge in [-0.1, -0.05) is 30.3 Å². The molecular formula is C16H21NO5S. The third-order valence-electron chi connectivity index (χ3n) is 4.26. The van der Waals surface area contributed by atoms with Crippen molar-refractivity contribution in [2.45, 2.75) is 25.0 Å². The van der Waals surface area contributed by atoms with Crippen LogP contribution in [0.15, 0.2) is 30.3 Å². The van der Waals surface area contributed by atoms with E-state index in [-0.39, 0.29) is 19.0 Å². The second-order valence-corrected chi connectivity index (χ2v) is 8.67. The second-order valence-electron chi connectivity index (χ2n) is 6.12. The number of carboxylic acid groups (broad SMARTS) is 1. The highest BCUT2D eigenvalue weighted by atomic mass is 32.2. The summed E-state index contributed by atoms with van der Waals surface area (Å²) >= 11 is 0. The van der Waals surface area contributed by atoms with Crippen molar-refractivity contribution in [3.05, 3.63) is 35.9 Å². The van der Waals surface area contributed by atoms with Crippen molar-refractivity contribution in [3.63, 3.8) is 0 Å². The molecule has 6 nitrogen and oxygen atoms in total. The van der Waals surface area contributed by atoms with Crippen molar-refractivity contribution in [1.29, 1.82) is 0 Å². The van der Waals surface area contributed by atoms with Gasteiger partial charge in [0, 0.05) is 19.0 Å². The zero-order chi connectivity index (χ0) is 17.2. The van der Waals surface area contributed by atoms with Crippen molar-refractivity contribution in [2.24, 2.45) is 5.92 Å². The Morgan fingerprint density at radius 1 is 1.22 bits per heavy atom. The lowest BCUT2D eigenvalue weighted by Crippen LogP contribution is -2.36. The average molecular weight is 339 g/mol. The van der Waals surface area contributed by atoms with E-state index in [9.17, 15) is 23.1 Å². The van der Waals surface area contributed by atoms with Crippen molar-refractivity contribution in [1.82, 2.24) is 4.90 Å². The Bertz CT molecular complexity index is 684. The first-order valence-electron chi connectivity index (χ1n) is 7.49. The molecule has 2 rings (SSSR count). The molecule has 2 unspecified atom stereocenters. The van der Waals surface area contributed by atoms with Gasteiger partial charge in [0.15, 0.2) is 9.84 Å². The monoisotopic (exact) mass is 339 g/mol. The number of sulfone groups is 1. The van der Waals surface area contributed by atoms with Gasteiger partial charge in [-0.15, -0.1) is 0 Å². The largest absolute Gasteiger partial charge is 0.481 e. The highest BCUT2D eigenvalue weighted by molar-refractivity contribution is 7.92. The van der Waals surface area contributed by atoms with Crippen LogP contribution in [0.2, 0.25) is 0 Å². The molecule has 23 heavy (non-hydrogen) atoms. The summed E-state index contributed by atoms with van der Waals surface area (Å²) in [4.78, 5) is 25.1. The van der Waals surface area contributed by atoms with Gasteiger partial charge in [0.25, 0.3) is 0 Å². The van der Waals surface area contributed by atoms with Crippen LogP contribution in [0, 0.1) is 5.92 Å². The summed E-state index contributed by atoms with van der Waals surface area (Å²) in [5.74, 6) is -3.11. The summed E-state index contributed by atoms with van der Waals surface area (Å²) in [6.07, 6.45) is 0. The highest BCUT2D eigenvalue weighted by Gasteiger charge is 2.41. The SMILES string of the molecule is CC(C)S(=O)(=O)CC(=O)N1CC(C(=O)O)C(c2ccccc2)C1. The zero-order valence-electron chi connectivity index (χ0n) is 13.2. The van der Waals surface area contributed by atoms with Gasteiger partial charge in [0.1, 0.15) is 5.75 Å². The van der Waals surface area contributed by atoms with Gasteiger partial charge < -0.3 is 10.0 Å². The van der Waals surface area contributed by atoms with Gasteiger partial charge >= 0.3 is 5.97 Å². The Morgan fingerprint density at radius 3 is 2.35 bits per heavy atom. The minimum atomic E-state index is -3.49. The van der Waals surface area contributed by atoms with Crippen LogP contribution in [0.25, 0.3) is 0 Å². The molecule has 1 saturated heterocycles. The van der Waals surface area contributed by atoms with E-state index in [0.29, 0.717) is 0 Å². The number of carbonyl (C=O) groups is 2. The summed E-state index contributed by atoms with van der Waals surface area (Å²) in [7, 11) is -3.49. The normalized spacial score (nSPS) is 21.6. The van der Waals surface area contributed by atoms with Crippen LogP contribution in [-0.4, -0.2) is 54.4 Å². The lowest BCUT2D eigenvalue weighted by molar-refractivity contribution is -0.141. The summed E-state index contributed by atoms with van der Waals surface area (Å²) in [5, 5.41) is 8.78. The number of hydrogen-bond donors (Lipinski definition) is 1. The smallest absolute Gasteiger partial charge is 0.308 e. The Balaban J connectivity index is 2.17. The van der Waals surface area contributed by atoms with Crippen LogP contribution in [0.4, 0.5) is 0 Å². The molecule has 1 amide bonds. The fraction of sp³-hybridized carbons (Fsp3) is 0.500. The van der Waals surface area contributed by atoms with Crippen LogP contribution < -0.4 is 0 Å². The zero-order valence-corrected chi connectivity index (χ0v) is 14.0. The van der Waals surface area contributed by atoms with E-state index in [1.165, 1.54) is 18.7 Å². The second kappa shape index (κ2) is 6.70. The van der Waals surface area contributed by atoms with Crippen LogP contribution in [0.3, 0.4) is 0 Å². The molecule has 1 aromatic rings. The number of nitrogens with zero attached hydrogens (tertiary/aromatic N) is 1. The number of carboxylic acids is 1. The van der Waals surface area contributed by atoms with E-state index in [1.54, 1.807) is 0 Å². The number of rotatable bonds is 5. The van der Waals surface area contributed by atoms with Gasteiger partial charge in [-0.3, -0.25) is 9.59 Å². The first-order valence-corrected chi connectivity index (χ1v) is 9.21. The number of carbonyl (C=O) groups excluding carboxylic acids is 1. The first-order chi connectivity index (χ1) is 10.7. The molecule has 0 radical (unpaired) electrons. The predicted octanol–water partition coefficient (Wildman–Crippen LogP) is 1.14. The quantitative estimate of drug-likeness (QED) is 0.868. The lowest BCUT2D eigenvalue weighted by Gasteiger charge is -2.17. The number of benzene rings is 1. The fourth-order valence-electron chi connectivity index (χ4n) is 2.73. The molecule has 1 aromatic carbocycles. The maximum absolute atomic E-state index is 12.3. The van der Waals surface area contributed by atoms with Crippen molar-refractivity contribution in [3.8, 4) is 0 Å². The Hall–Kier alpha value is -1.89. The first kappa shape index (κ1) is 17.5. The summed E-state index contributed by atoms with van der Waals surface area (Å²) in [6, 6.07) is 9.15. The number of aliphatic carboxylic acids is 1. The van der Waals surface area contributed by atoms with Gasteiger partial charge in [0.05, 0.1) is 11.2 Å². The number of amides is 1. The molecule has 0 saturated carbocycles. The molecule has 1 fully saturated rings. The fourth-order valence-corrected chi connectivity index (χ4v) is 3.59. The van der Waals surface area contributed by atoms with Gasteiger partial charge in [-0.05, 0) is 19.4 Å². The maximum Gasteiger partial charge on any atom is 0.308 e. The summed E-state index contributed by atoms with van der Waals surface area (Å²) in [5.41, 5.74) is 0.849. The van der Waals surface area contributed by atoms with Crippen LogP contribution in [-0.2, 0) is 19.4 Å². The number of likely N-dealkylation sites (tertiary alicyclic amines) is 1. The molecule has 0 spiro atoms. The molecule has 126 valence electrons. The molecule has 0 bridgehead atoms. The van der Waals surface area contributed by atoms with Crippen LogP contribution in [0.5, 0.6) is 0 Å². The Kier molecular flexibility index (Phi) is 5.09. The molecule has 1 aliphatic heterocycles. The van der Waals surface area contributed by atoms with E-state index in [1.807, 2.05) is 30.3 Å². The molecule has 1 N–H and O–H groups in total. The highest BCUT2D eigenvalue weighted by Crippen LogP contribution is 2.33. The lowest BCUT2D eigenvalue weighted by atomic mass is 9.89. The Morgan fingerprint density at radius 2 is 1.83 bits per heavy atom. The van der Waals surface area contributed by atoms with Gasteiger partial charge in [-0.25, -0.2) is 8.42 Å². The van der Waals surface area contributed by atoms with Gasteiger partial charge in [-0.2, -0.15) is 0 Å². The third kappa shape index (κ3) is 3.90. The van der Waals surface area contributed by atoms with E-state index in [4.69, 9.17) is 0 Å². The molecule has 0 aliphatic carbocycles. The molecule has 2 atom stereocenters. The van der Waals surface area contributed by atoms with Crippen LogP contribution in [0.1, 0.15) is 25.3 Å². The topological polar surface area (TPSA) is 91.8 Å². The maximum atomic E-state index is 12.3.